The lowest BCUT2D eigenvalue weighted by molar-refractivity contribution is -0.345. The molecule has 2 atom stereocenters. The summed E-state index contributed by atoms with van der Waals surface area (Å²) in [4.78, 5) is 21.8. The van der Waals surface area contributed by atoms with Crippen molar-refractivity contribution in [3.63, 3.8) is 0 Å². The van der Waals surface area contributed by atoms with Crippen molar-refractivity contribution >= 4 is 5.97 Å². The van der Waals surface area contributed by atoms with Gasteiger partial charge in [-0.25, -0.2) is 9.78 Å². The number of hydrogen-bond acceptors (Lipinski definition) is 3. The second-order valence-corrected chi connectivity index (χ2v) is 8.12. The van der Waals surface area contributed by atoms with Crippen LogP contribution in [0.4, 0.5) is 0 Å². The van der Waals surface area contributed by atoms with Gasteiger partial charge in [0.25, 0.3) is 0 Å². The molecular weight excluding hydrogens is 340 g/mol. The summed E-state index contributed by atoms with van der Waals surface area (Å²) in [5, 5.41) is 8.97. The van der Waals surface area contributed by atoms with Gasteiger partial charge in [0.05, 0.1) is 6.42 Å². The second kappa shape index (κ2) is 12.9. The van der Waals surface area contributed by atoms with Gasteiger partial charge in [-0.15, -0.1) is 0 Å². The molecule has 4 heteroatoms. The summed E-state index contributed by atoms with van der Waals surface area (Å²) in [5.41, 5.74) is -1.05. The molecule has 1 aliphatic heterocycles. The highest BCUT2D eigenvalue weighted by molar-refractivity contribution is 5.68. The average molecular weight is 379 g/mol. The molecule has 0 aliphatic carbocycles. The Hall–Kier alpha value is -1.39. The molecule has 4 nitrogen and oxygen atoms in total. The van der Waals surface area contributed by atoms with Crippen LogP contribution in [-0.4, -0.2) is 22.3 Å². The Kier molecular flexibility index (Phi) is 11.3. The standard InChI is InChI=1S/C23H38O4/c1-4-5-6-7-8-9-10-11-12-13-14-15-16-17-18-22(2)20-23(3,27-26-22)19-21(24)25/h5-10H,4,11-20H2,1-3H3,(H,24,25)/b6-5+,8-7+,10-9+/t22-,23-/m1/s1. The van der Waals surface area contributed by atoms with Crippen LogP contribution in [0.1, 0.15) is 91.4 Å². The topological polar surface area (TPSA) is 55.8 Å². The van der Waals surface area contributed by atoms with E-state index in [1.54, 1.807) is 0 Å². The number of allylic oxidation sites excluding steroid dienone is 6. The minimum Gasteiger partial charge on any atom is -0.481 e. The van der Waals surface area contributed by atoms with E-state index in [0.29, 0.717) is 6.42 Å². The summed E-state index contributed by atoms with van der Waals surface area (Å²) < 4.78 is 0. The van der Waals surface area contributed by atoms with Crippen LogP contribution in [0.3, 0.4) is 0 Å². The maximum Gasteiger partial charge on any atom is 0.306 e. The normalized spacial score (nSPS) is 26.0. The first-order chi connectivity index (χ1) is 12.9. The molecule has 0 saturated carbocycles. The summed E-state index contributed by atoms with van der Waals surface area (Å²) in [6, 6.07) is 0. The number of unbranched alkanes of at least 4 members (excludes halogenated alkanes) is 6. The van der Waals surface area contributed by atoms with Crippen LogP contribution >= 0.6 is 0 Å². The van der Waals surface area contributed by atoms with Gasteiger partial charge in [0.15, 0.2) is 0 Å². The largest absolute Gasteiger partial charge is 0.481 e. The van der Waals surface area contributed by atoms with Gasteiger partial charge in [0.1, 0.15) is 11.2 Å². The molecule has 27 heavy (non-hydrogen) atoms. The van der Waals surface area contributed by atoms with Crippen molar-refractivity contribution in [2.24, 2.45) is 0 Å². The van der Waals surface area contributed by atoms with Crippen molar-refractivity contribution in [2.75, 3.05) is 0 Å². The molecule has 0 unspecified atom stereocenters. The minimum atomic E-state index is -0.843. The van der Waals surface area contributed by atoms with Crippen molar-refractivity contribution in [1.82, 2.24) is 0 Å². The molecular formula is C23H38O4. The van der Waals surface area contributed by atoms with Crippen LogP contribution in [0, 0.1) is 0 Å². The van der Waals surface area contributed by atoms with Gasteiger partial charge in [-0.2, -0.15) is 0 Å². The third-order valence-electron chi connectivity index (χ3n) is 4.88. The van der Waals surface area contributed by atoms with Gasteiger partial charge in [-0.05, 0) is 39.5 Å². The first kappa shape index (κ1) is 23.6. The molecule has 154 valence electrons. The van der Waals surface area contributed by atoms with E-state index in [1.807, 2.05) is 13.8 Å². The Morgan fingerprint density at radius 2 is 1.48 bits per heavy atom. The fourth-order valence-corrected chi connectivity index (χ4v) is 3.58. The van der Waals surface area contributed by atoms with Crippen molar-refractivity contribution in [2.45, 2.75) is 103 Å². The zero-order valence-corrected chi connectivity index (χ0v) is 17.4. The van der Waals surface area contributed by atoms with Gasteiger partial charge in [-0.1, -0.05) is 75.5 Å². The molecule has 0 amide bonds. The van der Waals surface area contributed by atoms with Gasteiger partial charge in [-0.3, -0.25) is 4.79 Å². The minimum absolute atomic E-state index is 0.0116. The zero-order chi connectivity index (χ0) is 20.0. The molecule has 0 aromatic heterocycles. The third kappa shape index (κ3) is 11.1. The number of carboxylic acids is 1. The maximum atomic E-state index is 10.9. The smallest absolute Gasteiger partial charge is 0.306 e. The zero-order valence-electron chi connectivity index (χ0n) is 17.4. The second-order valence-electron chi connectivity index (χ2n) is 8.12. The summed E-state index contributed by atoms with van der Waals surface area (Å²) in [7, 11) is 0. The highest BCUT2D eigenvalue weighted by Crippen LogP contribution is 2.40. The van der Waals surface area contributed by atoms with E-state index in [9.17, 15) is 4.79 Å². The maximum absolute atomic E-state index is 10.9. The average Bonchev–Trinajstić information content (AvgIpc) is 2.89. The molecule has 1 heterocycles. The fraction of sp³-hybridized carbons (Fsp3) is 0.696. The van der Waals surface area contributed by atoms with E-state index in [4.69, 9.17) is 14.9 Å². The van der Waals surface area contributed by atoms with Gasteiger partial charge < -0.3 is 5.11 Å². The fourth-order valence-electron chi connectivity index (χ4n) is 3.58. The van der Waals surface area contributed by atoms with E-state index < -0.39 is 11.6 Å². The van der Waals surface area contributed by atoms with Crippen LogP contribution in [-0.2, 0) is 14.6 Å². The third-order valence-corrected chi connectivity index (χ3v) is 4.88. The molecule has 1 rings (SSSR count). The lowest BCUT2D eigenvalue weighted by Crippen LogP contribution is -2.30. The molecule has 0 spiro atoms. The van der Waals surface area contributed by atoms with E-state index >= 15 is 0 Å². The predicted octanol–water partition coefficient (Wildman–Crippen LogP) is 6.53. The van der Waals surface area contributed by atoms with Gasteiger partial charge in [0, 0.05) is 6.42 Å². The molecule has 1 fully saturated rings. The number of rotatable bonds is 14. The Balaban J connectivity index is 2.01. The van der Waals surface area contributed by atoms with Crippen molar-refractivity contribution in [1.29, 1.82) is 0 Å². The van der Waals surface area contributed by atoms with Crippen LogP contribution in [0.25, 0.3) is 0 Å². The van der Waals surface area contributed by atoms with Crippen molar-refractivity contribution < 1.29 is 19.7 Å². The van der Waals surface area contributed by atoms with Crippen LogP contribution in [0.2, 0.25) is 0 Å². The highest BCUT2D eigenvalue weighted by atomic mass is 17.2. The summed E-state index contributed by atoms with van der Waals surface area (Å²) >= 11 is 0. The SMILES string of the molecule is CC/C=C/C=C/C=C/CCCCCCCC[C@]1(C)C[C@@](C)(CC(=O)O)OO1. The van der Waals surface area contributed by atoms with Crippen LogP contribution < -0.4 is 0 Å². The molecule has 0 aromatic rings. The summed E-state index contributed by atoms with van der Waals surface area (Å²) in [6.07, 6.45) is 23.9. The first-order valence-electron chi connectivity index (χ1n) is 10.5. The van der Waals surface area contributed by atoms with E-state index in [2.05, 4.69) is 43.4 Å². The molecule has 1 aliphatic rings. The lowest BCUT2D eigenvalue weighted by Gasteiger charge is -2.21. The number of aliphatic carboxylic acids is 1. The summed E-state index contributed by atoms with van der Waals surface area (Å²) in [5.74, 6) is -0.843. The molecule has 1 N–H and O–H groups in total. The Morgan fingerprint density at radius 1 is 0.889 bits per heavy atom. The molecule has 0 bridgehead atoms. The van der Waals surface area contributed by atoms with E-state index in [1.165, 1.54) is 32.1 Å². The van der Waals surface area contributed by atoms with Gasteiger partial charge in [0.2, 0.25) is 0 Å². The first-order valence-corrected chi connectivity index (χ1v) is 10.5. The quantitative estimate of drug-likeness (QED) is 0.212. The molecule has 1 saturated heterocycles. The van der Waals surface area contributed by atoms with Crippen molar-refractivity contribution in [3.05, 3.63) is 36.5 Å². The highest BCUT2D eigenvalue weighted by Gasteiger charge is 2.47. The molecule has 0 radical (unpaired) electrons. The van der Waals surface area contributed by atoms with E-state index in [-0.39, 0.29) is 12.0 Å². The number of carbonyl (C=O) groups is 1. The Morgan fingerprint density at radius 3 is 2.15 bits per heavy atom. The van der Waals surface area contributed by atoms with Crippen molar-refractivity contribution in [3.8, 4) is 0 Å². The lowest BCUT2D eigenvalue weighted by atomic mass is 9.85. The van der Waals surface area contributed by atoms with Crippen LogP contribution in [0.5, 0.6) is 0 Å². The summed E-state index contributed by atoms with van der Waals surface area (Å²) in [6.45, 7) is 5.98. The Bertz CT molecular complexity index is 509. The predicted molar refractivity (Wildman–Crippen MR) is 110 cm³/mol. The van der Waals surface area contributed by atoms with Crippen LogP contribution in [0.15, 0.2) is 36.5 Å². The monoisotopic (exact) mass is 378 g/mol. The number of hydrogen-bond donors (Lipinski definition) is 1. The number of carboxylic acid groups (broad SMARTS) is 1. The Labute approximate surface area is 165 Å². The van der Waals surface area contributed by atoms with Gasteiger partial charge >= 0.3 is 5.97 Å². The van der Waals surface area contributed by atoms with E-state index in [0.717, 1.165) is 25.7 Å². The molecule has 0 aromatic carbocycles.